The molecule has 0 saturated heterocycles. The van der Waals surface area contributed by atoms with Crippen LogP contribution >= 0.6 is 0 Å². The Hall–Kier alpha value is -3.48. The summed E-state index contributed by atoms with van der Waals surface area (Å²) in [6.45, 7) is 0. The van der Waals surface area contributed by atoms with Gasteiger partial charge in [-0.1, -0.05) is 30.3 Å². The maximum Gasteiger partial charge on any atom is 0.297 e. The van der Waals surface area contributed by atoms with Crippen molar-refractivity contribution in [3.8, 4) is 5.75 Å². The highest BCUT2D eigenvalue weighted by Gasteiger charge is 2.41. The molecule has 7 heteroatoms. The summed E-state index contributed by atoms with van der Waals surface area (Å²) in [5.74, 6) is -0.226. The topological polar surface area (TPSA) is 89.8 Å². The molecular weight excluding hydrogens is 372 g/mol. The maximum atomic E-state index is 13.2. The van der Waals surface area contributed by atoms with Gasteiger partial charge >= 0.3 is 0 Å². The molecule has 2 aromatic rings. The zero-order valence-electron chi connectivity index (χ0n) is 16.0. The van der Waals surface area contributed by atoms with Gasteiger partial charge in [0.1, 0.15) is 11.4 Å². The van der Waals surface area contributed by atoms with Gasteiger partial charge in [-0.3, -0.25) is 24.6 Å². The van der Waals surface area contributed by atoms with Gasteiger partial charge in [-0.25, -0.2) is 0 Å². The molecule has 0 saturated carbocycles. The molecule has 0 bridgehead atoms. The van der Waals surface area contributed by atoms with Crippen LogP contribution in [0, 0.1) is 10.1 Å². The molecule has 148 valence electrons. The first kappa shape index (κ1) is 18.9. The molecular formula is C22H20N2O5. The quantitative estimate of drug-likeness (QED) is 0.576. The molecule has 1 amide bonds. The molecule has 0 N–H and O–H groups in total. The smallest absolute Gasteiger partial charge is 0.297 e. The third-order valence-corrected chi connectivity index (χ3v) is 5.50. The fraction of sp³-hybridized carbons (Fsp3) is 0.273. The average Bonchev–Trinajstić information content (AvgIpc) is 2.73. The van der Waals surface area contributed by atoms with E-state index in [0.717, 1.165) is 5.56 Å². The molecule has 1 heterocycles. The Bertz CT molecular complexity index is 1030. The minimum atomic E-state index is -0.528. The number of ether oxygens (including phenoxy) is 1. The molecule has 0 aromatic heterocycles. The number of carbonyl (C=O) groups is 2. The summed E-state index contributed by atoms with van der Waals surface area (Å²) >= 11 is 0. The number of Topliss-reactive ketones (excluding diaryl/α,β-unsaturated/α-hetero) is 1. The van der Waals surface area contributed by atoms with Crippen LogP contribution in [-0.2, 0) is 9.59 Å². The summed E-state index contributed by atoms with van der Waals surface area (Å²) in [4.78, 5) is 38.6. The van der Waals surface area contributed by atoms with Crippen LogP contribution in [0.25, 0.3) is 0 Å². The molecule has 29 heavy (non-hydrogen) atoms. The van der Waals surface area contributed by atoms with E-state index in [1.54, 1.807) is 6.07 Å². The first-order chi connectivity index (χ1) is 14.0. The number of methoxy groups -OCH3 is 1. The Labute approximate surface area is 167 Å². The van der Waals surface area contributed by atoms with E-state index in [1.807, 2.05) is 30.3 Å². The number of anilines is 1. The van der Waals surface area contributed by atoms with E-state index in [0.29, 0.717) is 36.3 Å². The van der Waals surface area contributed by atoms with Gasteiger partial charge in [-0.05, 0) is 30.5 Å². The summed E-state index contributed by atoms with van der Waals surface area (Å²) in [6, 6.07) is 13.9. The molecule has 0 spiro atoms. The Morgan fingerprint density at radius 1 is 1.10 bits per heavy atom. The van der Waals surface area contributed by atoms with E-state index in [4.69, 9.17) is 4.74 Å². The second-order valence-corrected chi connectivity index (χ2v) is 7.15. The summed E-state index contributed by atoms with van der Waals surface area (Å²) in [5, 5.41) is 11.7. The van der Waals surface area contributed by atoms with Crippen molar-refractivity contribution in [3.05, 3.63) is 75.5 Å². The van der Waals surface area contributed by atoms with Crippen LogP contribution in [0.1, 0.15) is 37.2 Å². The van der Waals surface area contributed by atoms with Crippen molar-refractivity contribution in [2.45, 2.75) is 31.6 Å². The number of allylic oxidation sites excluding steroid dienone is 2. The molecule has 1 unspecified atom stereocenters. The summed E-state index contributed by atoms with van der Waals surface area (Å²) in [6.07, 6.45) is 1.67. The van der Waals surface area contributed by atoms with Gasteiger partial charge in [-0.2, -0.15) is 0 Å². The van der Waals surface area contributed by atoms with Crippen molar-refractivity contribution < 1.29 is 19.2 Å². The van der Waals surface area contributed by atoms with Crippen LogP contribution in [0.5, 0.6) is 5.75 Å². The van der Waals surface area contributed by atoms with E-state index in [9.17, 15) is 19.7 Å². The summed E-state index contributed by atoms with van der Waals surface area (Å²) < 4.78 is 5.10. The molecule has 2 aliphatic rings. The van der Waals surface area contributed by atoms with E-state index in [1.165, 1.54) is 24.1 Å². The summed E-state index contributed by atoms with van der Waals surface area (Å²) in [7, 11) is 1.43. The van der Waals surface area contributed by atoms with Gasteiger partial charge in [0, 0.05) is 30.0 Å². The maximum absolute atomic E-state index is 13.2. The number of ketones is 1. The van der Waals surface area contributed by atoms with Crippen molar-refractivity contribution in [2.75, 3.05) is 12.0 Å². The number of nitro benzene ring substituents is 1. The fourth-order valence-corrected chi connectivity index (χ4v) is 4.21. The monoisotopic (exact) mass is 392 g/mol. The number of hydrogen-bond acceptors (Lipinski definition) is 5. The number of amides is 1. The van der Waals surface area contributed by atoms with E-state index in [-0.39, 0.29) is 35.4 Å². The third-order valence-electron chi connectivity index (χ3n) is 5.50. The lowest BCUT2D eigenvalue weighted by atomic mass is 9.77. The number of benzene rings is 2. The van der Waals surface area contributed by atoms with E-state index in [2.05, 4.69) is 0 Å². The number of rotatable bonds is 4. The van der Waals surface area contributed by atoms with Crippen LogP contribution in [0.15, 0.2) is 59.8 Å². The van der Waals surface area contributed by atoms with Gasteiger partial charge in [-0.15, -0.1) is 0 Å². The van der Waals surface area contributed by atoms with Crippen molar-refractivity contribution >= 4 is 23.1 Å². The molecule has 1 aliphatic carbocycles. The van der Waals surface area contributed by atoms with Crippen molar-refractivity contribution in [1.82, 2.24) is 0 Å². The van der Waals surface area contributed by atoms with Crippen LogP contribution < -0.4 is 9.64 Å². The Morgan fingerprint density at radius 3 is 2.55 bits per heavy atom. The van der Waals surface area contributed by atoms with Crippen LogP contribution in [0.2, 0.25) is 0 Å². The molecule has 4 rings (SSSR count). The van der Waals surface area contributed by atoms with Gasteiger partial charge in [0.25, 0.3) is 5.69 Å². The minimum Gasteiger partial charge on any atom is -0.496 e. The molecule has 1 aliphatic heterocycles. The second kappa shape index (κ2) is 7.50. The van der Waals surface area contributed by atoms with Crippen molar-refractivity contribution in [2.24, 2.45) is 0 Å². The lowest BCUT2D eigenvalue weighted by Gasteiger charge is -2.38. The lowest BCUT2D eigenvalue weighted by Crippen LogP contribution is -2.40. The first-order valence-electron chi connectivity index (χ1n) is 9.48. The lowest BCUT2D eigenvalue weighted by molar-refractivity contribution is -0.384. The van der Waals surface area contributed by atoms with Crippen LogP contribution in [0.4, 0.5) is 11.4 Å². The number of nitro groups is 1. The zero-order chi connectivity index (χ0) is 20.5. The van der Waals surface area contributed by atoms with Gasteiger partial charge in [0.05, 0.1) is 18.1 Å². The first-order valence-corrected chi connectivity index (χ1v) is 9.48. The SMILES string of the molecule is COc1ccc(N2C(=O)CC(c3ccccc3)C3=C2CCCC3=O)c([N+](=O)[O-])c1. The van der Waals surface area contributed by atoms with Crippen molar-refractivity contribution in [1.29, 1.82) is 0 Å². The highest BCUT2D eigenvalue weighted by atomic mass is 16.6. The van der Waals surface area contributed by atoms with Crippen molar-refractivity contribution in [3.63, 3.8) is 0 Å². The molecule has 1 atom stereocenters. The highest BCUT2D eigenvalue weighted by Crippen LogP contribution is 2.45. The van der Waals surface area contributed by atoms with Gasteiger partial charge < -0.3 is 4.74 Å². The normalized spacial score (nSPS) is 19.2. The number of hydrogen-bond donors (Lipinski definition) is 0. The predicted octanol–water partition coefficient (Wildman–Crippen LogP) is 4.13. The van der Waals surface area contributed by atoms with Crippen LogP contribution in [0.3, 0.4) is 0 Å². The molecule has 0 radical (unpaired) electrons. The largest absolute Gasteiger partial charge is 0.496 e. The summed E-state index contributed by atoms with van der Waals surface area (Å²) in [5.41, 5.74) is 2.05. The Kier molecular flexibility index (Phi) is 4.88. The Balaban J connectivity index is 1.90. The second-order valence-electron chi connectivity index (χ2n) is 7.15. The molecule has 0 fully saturated rings. The van der Waals surface area contributed by atoms with Gasteiger partial charge in [0.15, 0.2) is 5.78 Å². The van der Waals surface area contributed by atoms with E-state index < -0.39 is 4.92 Å². The predicted molar refractivity (Wildman–Crippen MR) is 107 cm³/mol. The fourth-order valence-electron chi connectivity index (χ4n) is 4.21. The minimum absolute atomic E-state index is 0.00812. The third kappa shape index (κ3) is 3.29. The molecule has 7 nitrogen and oxygen atoms in total. The average molecular weight is 392 g/mol. The van der Waals surface area contributed by atoms with Gasteiger partial charge in [0.2, 0.25) is 5.91 Å². The number of nitrogens with zero attached hydrogens (tertiary/aromatic N) is 2. The number of carbonyl (C=O) groups excluding carboxylic acids is 2. The highest BCUT2D eigenvalue weighted by molar-refractivity contribution is 6.08. The molecule has 2 aromatic carbocycles. The van der Waals surface area contributed by atoms with E-state index >= 15 is 0 Å². The zero-order valence-corrected chi connectivity index (χ0v) is 16.0. The van der Waals surface area contributed by atoms with Crippen LogP contribution in [-0.4, -0.2) is 23.7 Å². The Morgan fingerprint density at radius 2 is 1.86 bits per heavy atom. The standard InChI is InChI=1S/C22H20N2O5/c1-29-15-10-11-17(19(12-15)24(27)28)23-18-8-5-9-20(25)22(18)16(13-21(23)26)14-6-3-2-4-7-14/h2-4,6-7,10-12,16H,5,8-9,13H2,1H3.